The van der Waals surface area contributed by atoms with Gasteiger partial charge in [0.2, 0.25) is 5.91 Å². The summed E-state index contributed by atoms with van der Waals surface area (Å²) in [4.78, 5) is 29.3. The average Bonchev–Trinajstić information content (AvgIpc) is 3.67. The highest BCUT2D eigenvalue weighted by atomic mass is 32.2. The molecule has 230 valence electrons. The maximum Gasteiger partial charge on any atom is 0.471 e. The minimum absolute atomic E-state index is 0.0438. The number of aliphatic hydroxyl groups is 1. The molecule has 5 rings (SSSR count). The molecule has 2 aliphatic rings. The van der Waals surface area contributed by atoms with Crippen LogP contribution in [-0.2, 0) is 39.3 Å². The van der Waals surface area contributed by atoms with Gasteiger partial charge in [-0.15, -0.1) is 0 Å². The van der Waals surface area contributed by atoms with E-state index in [9.17, 15) is 27.9 Å². The molecule has 2 saturated heterocycles. The van der Waals surface area contributed by atoms with E-state index in [1.54, 1.807) is 30.1 Å². The molecule has 0 saturated carbocycles. The summed E-state index contributed by atoms with van der Waals surface area (Å²) in [7, 11) is 1.93. The molecule has 1 aromatic heterocycles. The minimum Gasteiger partial charge on any atom is -0.392 e. The van der Waals surface area contributed by atoms with Crippen LogP contribution in [0.4, 0.5) is 13.2 Å². The average molecular weight is 619 g/mol. The molecule has 0 aliphatic carbocycles. The predicted molar refractivity (Wildman–Crippen MR) is 151 cm³/mol. The van der Waals surface area contributed by atoms with Gasteiger partial charge in [-0.25, -0.2) is 4.98 Å². The fraction of sp³-hybridized carbons (Fsp3) is 0.433. The number of carbonyl (C=O) groups excluding carboxylic acids is 2. The molecule has 0 radical (unpaired) electrons. The molecule has 0 unspecified atom stereocenters. The maximum atomic E-state index is 12.9. The lowest BCUT2D eigenvalue weighted by atomic mass is 10.0. The zero-order chi connectivity index (χ0) is 30.6. The second-order valence-electron chi connectivity index (χ2n) is 10.6. The van der Waals surface area contributed by atoms with Gasteiger partial charge in [-0.05, 0) is 29.5 Å². The van der Waals surface area contributed by atoms with E-state index in [0.717, 1.165) is 27.4 Å². The molecule has 2 amide bonds. The SMILES string of the molecule is Cn1ccnc1SC[C@H]1C[C@@H](c2ccc(CO)cc2)O[C@@H](c2ccc(CNC(=O)[C@@H]3CCCN3C(=O)C(F)(F)F)cc2)O1. The zero-order valence-electron chi connectivity index (χ0n) is 23.5. The van der Waals surface area contributed by atoms with Crippen molar-refractivity contribution in [3.63, 3.8) is 0 Å². The molecule has 3 heterocycles. The number of rotatable bonds is 9. The largest absolute Gasteiger partial charge is 0.471 e. The van der Waals surface area contributed by atoms with Crippen molar-refractivity contribution >= 4 is 23.6 Å². The van der Waals surface area contributed by atoms with Crippen LogP contribution in [0.25, 0.3) is 0 Å². The van der Waals surface area contributed by atoms with Crippen LogP contribution in [0.5, 0.6) is 0 Å². The van der Waals surface area contributed by atoms with Crippen LogP contribution in [0.3, 0.4) is 0 Å². The van der Waals surface area contributed by atoms with Crippen LogP contribution in [-0.4, -0.2) is 62.0 Å². The number of aromatic nitrogens is 2. The van der Waals surface area contributed by atoms with Crippen LogP contribution in [0.2, 0.25) is 0 Å². The van der Waals surface area contributed by atoms with E-state index in [1.165, 1.54) is 0 Å². The summed E-state index contributed by atoms with van der Waals surface area (Å²) in [6, 6.07) is 13.8. The quantitative estimate of drug-likeness (QED) is 0.342. The summed E-state index contributed by atoms with van der Waals surface area (Å²) >= 11 is 1.60. The van der Waals surface area contributed by atoms with Crippen molar-refractivity contribution in [2.45, 2.75) is 68.3 Å². The van der Waals surface area contributed by atoms with Gasteiger partial charge in [0.1, 0.15) is 6.04 Å². The van der Waals surface area contributed by atoms with Crippen LogP contribution in [0.1, 0.15) is 53.9 Å². The van der Waals surface area contributed by atoms with E-state index in [0.29, 0.717) is 23.5 Å². The van der Waals surface area contributed by atoms with Gasteiger partial charge < -0.3 is 29.4 Å². The van der Waals surface area contributed by atoms with E-state index in [4.69, 9.17) is 9.47 Å². The summed E-state index contributed by atoms with van der Waals surface area (Å²) in [6.07, 6.45) is -1.27. The van der Waals surface area contributed by atoms with Crippen LogP contribution in [0, 0.1) is 0 Å². The van der Waals surface area contributed by atoms with Crippen molar-refractivity contribution < 1.29 is 37.3 Å². The number of nitrogens with one attached hydrogen (secondary N) is 1. The number of ether oxygens (including phenoxy) is 2. The molecule has 3 aromatic rings. The number of benzene rings is 2. The number of nitrogens with zero attached hydrogens (tertiary/aromatic N) is 3. The fourth-order valence-corrected chi connectivity index (χ4v) is 6.18. The number of hydrogen-bond donors (Lipinski definition) is 2. The summed E-state index contributed by atoms with van der Waals surface area (Å²) in [5.74, 6) is -1.93. The number of aliphatic hydroxyl groups excluding tert-OH is 1. The lowest BCUT2D eigenvalue weighted by molar-refractivity contribution is -0.245. The molecular weight excluding hydrogens is 585 g/mol. The van der Waals surface area contributed by atoms with Crippen molar-refractivity contribution in [1.82, 2.24) is 19.8 Å². The second-order valence-corrected chi connectivity index (χ2v) is 11.6. The van der Waals surface area contributed by atoms with Crippen molar-refractivity contribution in [3.8, 4) is 0 Å². The molecule has 2 aromatic carbocycles. The Morgan fingerprint density at radius 1 is 1.07 bits per heavy atom. The zero-order valence-corrected chi connectivity index (χ0v) is 24.3. The Balaban J connectivity index is 1.24. The first kappa shape index (κ1) is 31.0. The molecular formula is C30H33F3N4O5S. The molecule has 9 nitrogen and oxygen atoms in total. The number of aryl methyl sites for hydroxylation is 1. The van der Waals surface area contributed by atoms with E-state index in [-0.39, 0.29) is 38.3 Å². The highest BCUT2D eigenvalue weighted by Gasteiger charge is 2.47. The number of halogens is 3. The van der Waals surface area contributed by atoms with Gasteiger partial charge in [0, 0.05) is 50.3 Å². The molecule has 4 atom stereocenters. The normalized spacial score (nSPS) is 22.5. The number of hydrogen-bond acceptors (Lipinski definition) is 7. The first-order chi connectivity index (χ1) is 20.6. The Kier molecular flexibility index (Phi) is 9.75. The highest BCUT2D eigenvalue weighted by molar-refractivity contribution is 7.99. The number of imidazole rings is 1. The molecule has 0 spiro atoms. The maximum absolute atomic E-state index is 12.9. The lowest BCUT2D eigenvalue weighted by Gasteiger charge is -2.36. The third kappa shape index (κ3) is 7.58. The van der Waals surface area contributed by atoms with Crippen molar-refractivity contribution in [2.24, 2.45) is 7.05 Å². The van der Waals surface area contributed by atoms with E-state index >= 15 is 0 Å². The molecule has 0 bridgehead atoms. The summed E-state index contributed by atoms with van der Waals surface area (Å²) < 4.78 is 53.4. The van der Waals surface area contributed by atoms with Gasteiger partial charge in [0.25, 0.3) is 0 Å². The topological polar surface area (TPSA) is 106 Å². The molecule has 13 heteroatoms. The summed E-state index contributed by atoms with van der Waals surface area (Å²) in [6.45, 7) is -0.0447. The highest BCUT2D eigenvalue weighted by Crippen LogP contribution is 2.39. The van der Waals surface area contributed by atoms with Crippen molar-refractivity contribution in [3.05, 3.63) is 83.2 Å². The minimum atomic E-state index is -5.01. The second kappa shape index (κ2) is 13.5. The number of amides is 2. The fourth-order valence-electron chi connectivity index (χ4n) is 5.23. The predicted octanol–water partition coefficient (Wildman–Crippen LogP) is 4.42. The summed E-state index contributed by atoms with van der Waals surface area (Å²) in [5.41, 5.74) is 3.29. The molecule has 2 N–H and O–H groups in total. The first-order valence-corrected chi connectivity index (χ1v) is 15.0. The number of thioether (sulfide) groups is 1. The molecule has 43 heavy (non-hydrogen) atoms. The van der Waals surface area contributed by atoms with Gasteiger partial charge in [-0.1, -0.05) is 60.3 Å². The van der Waals surface area contributed by atoms with E-state index < -0.39 is 30.3 Å². The van der Waals surface area contributed by atoms with Gasteiger partial charge in [0.05, 0.1) is 18.8 Å². The van der Waals surface area contributed by atoms with Gasteiger partial charge >= 0.3 is 12.1 Å². The van der Waals surface area contributed by atoms with Crippen molar-refractivity contribution in [2.75, 3.05) is 12.3 Å². The Hall–Kier alpha value is -3.39. The lowest BCUT2D eigenvalue weighted by Crippen LogP contribution is -2.50. The Bertz CT molecular complexity index is 1400. The number of alkyl halides is 3. The van der Waals surface area contributed by atoms with E-state index in [2.05, 4.69) is 10.3 Å². The molecule has 2 aliphatic heterocycles. The van der Waals surface area contributed by atoms with Crippen LogP contribution in [0.15, 0.2) is 66.1 Å². The van der Waals surface area contributed by atoms with Crippen LogP contribution < -0.4 is 5.32 Å². The van der Waals surface area contributed by atoms with E-state index in [1.807, 2.05) is 54.2 Å². The van der Waals surface area contributed by atoms with Crippen LogP contribution >= 0.6 is 11.8 Å². The monoisotopic (exact) mass is 618 g/mol. The Morgan fingerprint density at radius 3 is 2.42 bits per heavy atom. The van der Waals surface area contributed by atoms with Gasteiger partial charge in [-0.3, -0.25) is 9.59 Å². The number of carbonyl (C=O) groups is 2. The standard InChI is InChI=1S/C30H33F3N4O5S/c1-36-14-12-34-29(36)43-18-23-15-25(21-8-6-20(17-38)7-9-21)42-27(41-23)22-10-4-19(5-11-22)16-35-26(39)24-3-2-13-37(24)28(40)30(31,32)33/h4-12,14,23-25,27,38H,2-3,13,15-18H2,1H3,(H,35,39)/t23-,24+,25+,27+/m1/s1. The summed E-state index contributed by atoms with van der Waals surface area (Å²) in [5, 5.41) is 13.0. The van der Waals surface area contributed by atoms with Gasteiger partial charge in [-0.2, -0.15) is 13.2 Å². The van der Waals surface area contributed by atoms with Crippen molar-refractivity contribution in [1.29, 1.82) is 0 Å². The Labute approximate surface area is 251 Å². The Morgan fingerprint density at radius 2 is 1.77 bits per heavy atom. The number of likely N-dealkylation sites (tertiary alicyclic amines) is 1. The first-order valence-electron chi connectivity index (χ1n) is 14.0. The van der Waals surface area contributed by atoms with Gasteiger partial charge in [0.15, 0.2) is 11.4 Å². The third-order valence-electron chi connectivity index (χ3n) is 7.57. The smallest absolute Gasteiger partial charge is 0.392 e. The third-order valence-corrected chi connectivity index (χ3v) is 8.76. The molecule has 2 fully saturated rings.